The van der Waals surface area contributed by atoms with E-state index < -0.39 is 17.8 Å². The van der Waals surface area contributed by atoms with Crippen molar-refractivity contribution < 1.29 is 23.8 Å². The van der Waals surface area contributed by atoms with Gasteiger partial charge in [-0.2, -0.15) is 0 Å². The second-order valence-electron chi connectivity index (χ2n) is 4.24. The average molecular weight is 253 g/mol. The van der Waals surface area contributed by atoms with Crippen molar-refractivity contribution >= 4 is 11.9 Å². The van der Waals surface area contributed by atoms with Crippen molar-refractivity contribution in [2.24, 2.45) is 0 Å². The topological polar surface area (TPSA) is 65.1 Å². The fourth-order valence-electron chi connectivity index (χ4n) is 1.96. The van der Waals surface area contributed by atoms with Crippen molar-refractivity contribution in [3.63, 3.8) is 0 Å². The maximum Gasteiger partial charge on any atom is 0.335 e. The number of hydrogen-bond acceptors (Lipinski definition) is 6. The molecule has 6 heteroatoms. The number of likely N-dealkylation sites (N-methyl/N-ethyl adjacent to an activating group) is 1. The van der Waals surface area contributed by atoms with E-state index in [0.29, 0.717) is 13.2 Å². The molecule has 98 valence electrons. The molecule has 0 fully saturated rings. The highest BCUT2D eigenvalue weighted by Crippen LogP contribution is 2.31. The van der Waals surface area contributed by atoms with Gasteiger partial charge in [0.1, 0.15) is 0 Å². The molecule has 0 aliphatic carbocycles. The van der Waals surface area contributed by atoms with Crippen LogP contribution in [0.1, 0.15) is 6.42 Å². The van der Waals surface area contributed by atoms with Crippen LogP contribution in [0, 0.1) is 0 Å². The van der Waals surface area contributed by atoms with Crippen LogP contribution in [0.5, 0.6) is 0 Å². The van der Waals surface area contributed by atoms with E-state index in [1.165, 1.54) is 0 Å². The summed E-state index contributed by atoms with van der Waals surface area (Å²) in [6, 6.07) is 0. The predicted molar refractivity (Wildman–Crippen MR) is 61.3 cm³/mol. The first-order chi connectivity index (χ1) is 8.55. The van der Waals surface area contributed by atoms with Crippen LogP contribution in [0.3, 0.4) is 0 Å². The summed E-state index contributed by atoms with van der Waals surface area (Å²) in [5.41, 5.74) is 0.929. The van der Waals surface area contributed by atoms with E-state index in [-0.39, 0.29) is 6.42 Å². The smallest absolute Gasteiger partial charge is 0.335 e. The summed E-state index contributed by atoms with van der Waals surface area (Å²) in [7, 11) is 3.31. The van der Waals surface area contributed by atoms with Crippen LogP contribution in [0.25, 0.3) is 0 Å². The molecule has 0 aromatic rings. The van der Waals surface area contributed by atoms with Crippen LogP contribution in [-0.2, 0) is 23.8 Å². The van der Waals surface area contributed by atoms with Gasteiger partial charge >= 0.3 is 17.8 Å². The van der Waals surface area contributed by atoms with Crippen molar-refractivity contribution in [2.75, 3.05) is 27.3 Å². The van der Waals surface area contributed by atoms with E-state index in [4.69, 9.17) is 14.2 Å². The van der Waals surface area contributed by atoms with E-state index in [0.717, 1.165) is 17.7 Å². The molecular formula is C12H15NO5. The molecule has 2 aliphatic heterocycles. The fraction of sp³-hybridized carbons (Fsp3) is 0.500. The van der Waals surface area contributed by atoms with Gasteiger partial charge in [0.15, 0.2) is 0 Å². The summed E-state index contributed by atoms with van der Waals surface area (Å²) in [5.74, 6) is -2.54. The van der Waals surface area contributed by atoms with Crippen molar-refractivity contribution in [3.8, 4) is 0 Å². The first kappa shape index (κ1) is 12.8. The third-order valence-corrected chi connectivity index (χ3v) is 2.89. The Morgan fingerprint density at radius 1 is 1.33 bits per heavy atom. The number of carbonyl (C=O) groups excluding carboxylic acids is 2. The van der Waals surface area contributed by atoms with Gasteiger partial charge in [-0.25, -0.2) is 14.5 Å². The van der Waals surface area contributed by atoms with E-state index in [2.05, 4.69) is 0 Å². The number of carbonyl (C=O) groups is 2. The molecule has 2 aliphatic rings. The first-order valence-electron chi connectivity index (χ1n) is 5.58. The van der Waals surface area contributed by atoms with Gasteiger partial charge in [0.25, 0.3) is 0 Å². The number of nitrogens with zero attached hydrogens (tertiary/aromatic N) is 1. The zero-order valence-corrected chi connectivity index (χ0v) is 10.3. The van der Waals surface area contributed by atoms with Crippen molar-refractivity contribution in [2.45, 2.75) is 12.3 Å². The Hall–Kier alpha value is -1.66. The standard InChI is InChI=1S/C12H15NO5/c1-13-6-5-9(8-16-2)7-12(13)17-10(14)3-4-11(15)18-12/h3-5H,6-8H2,1-2H3. The lowest BCUT2D eigenvalue weighted by Gasteiger charge is -2.41. The first-order valence-corrected chi connectivity index (χ1v) is 5.58. The number of hydrogen-bond donors (Lipinski definition) is 0. The highest BCUT2D eigenvalue weighted by atomic mass is 16.8. The predicted octanol–water partition coefficient (Wildman–Crippen LogP) is 0.205. The molecule has 0 bridgehead atoms. The largest absolute Gasteiger partial charge is 0.405 e. The van der Waals surface area contributed by atoms with Crippen molar-refractivity contribution in [1.29, 1.82) is 0 Å². The third-order valence-electron chi connectivity index (χ3n) is 2.89. The molecule has 0 atom stereocenters. The Kier molecular flexibility index (Phi) is 3.49. The van der Waals surface area contributed by atoms with Gasteiger partial charge in [0, 0.05) is 25.8 Å². The van der Waals surface area contributed by atoms with Crippen LogP contribution in [-0.4, -0.2) is 50.1 Å². The van der Waals surface area contributed by atoms with Crippen LogP contribution >= 0.6 is 0 Å². The fourth-order valence-corrected chi connectivity index (χ4v) is 1.96. The maximum absolute atomic E-state index is 11.5. The van der Waals surface area contributed by atoms with Gasteiger partial charge in [0.05, 0.1) is 13.0 Å². The summed E-state index contributed by atoms with van der Waals surface area (Å²) in [6.45, 7) is 0.928. The number of esters is 2. The second-order valence-corrected chi connectivity index (χ2v) is 4.24. The normalized spacial score (nSPS) is 23.3. The number of methoxy groups -OCH3 is 1. The quantitative estimate of drug-likeness (QED) is 0.517. The zero-order valence-electron chi connectivity index (χ0n) is 10.3. The molecule has 2 heterocycles. The average Bonchev–Trinajstić information content (AvgIpc) is 2.45. The highest BCUT2D eigenvalue weighted by Gasteiger charge is 2.46. The number of ether oxygens (including phenoxy) is 3. The van der Waals surface area contributed by atoms with Gasteiger partial charge in [-0.3, -0.25) is 0 Å². The molecule has 2 rings (SSSR count). The molecule has 0 amide bonds. The van der Waals surface area contributed by atoms with Gasteiger partial charge in [-0.1, -0.05) is 6.08 Å². The zero-order chi connectivity index (χ0) is 13.2. The Balaban J connectivity index is 2.25. The molecular weight excluding hydrogens is 238 g/mol. The molecule has 6 nitrogen and oxygen atoms in total. The molecule has 0 aromatic carbocycles. The minimum absolute atomic E-state index is 0.288. The molecule has 0 N–H and O–H groups in total. The summed E-state index contributed by atoms with van der Waals surface area (Å²) in [5, 5.41) is 0. The maximum atomic E-state index is 11.5. The third kappa shape index (κ3) is 2.44. The van der Waals surface area contributed by atoms with Gasteiger partial charge in [0.2, 0.25) is 0 Å². The number of rotatable bonds is 2. The Morgan fingerprint density at radius 3 is 2.50 bits per heavy atom. The molecule has 0 saturated heterocycles. The van der Waals surface area contributed by atoms with Gasteiger partial charge in [-0.15, -0.1) is 0 Å². The molecule has 0 unspecified atom stereocenters. The van der Waals surface area contributed by atoms with Crippen LogP contribution < -0.4 is 0 Å². The SMILES string of the molecule is COCC1=CCN(C)C2(C1)OC(=O)C=CC(=O)O2. The molecule has 0 saturated carbocycles. The van der Waals surface area contributed by atoms with Crippen LogP contribution in [0.2, 0.25) is 0 Å². The molecule has 1 spiro atoms. The molecule has 18 heavy (non-hydrogen) atoms. The van der Waals surface area contributed by atoms with Gasteiger partial charge in [-0.05, 0) is 12.6 Å². The lowest BCUT2D eigenvalue weighted by Crippen LogP contribution is -2.54. The summed E-state index contributed by atoms with van der Waals surface area (Å²) in [4.78, 5) is 24.7. The van der Waals surface area contributed by atoms with E-state index in [1.54, 1.807) is 19.1 Å². The van der Waals surface area contributed by atoms with E-state index >= 15 is 0 Å². The Morgan fingerprint density at radius 2 is 1.94 bits per heavy atom. The molecule has 0 radical (unpaired) electrons. The van der Waals surface area contributed by atoms with E-state index in [1.807, 2.05) is 6.08 Å². The summed E-state index contributed by atoms with van der Waals surface area (Å²) < 4.78 is 15.6. The molecule has 0 aromatic heterocycles. The highest BCUT2D eigenvalue weighted by molar-refractivity contribution is 5.93. The Bertz CT molecular complexity index is 406. The van der Waals surface area contributed by atoms with Crippen LogP contribution in [0.15, 0.2) is 23.8 Å². The van der Waals surface area contributed by atoms with Crippen molar-refractivity contribution in [1.82, 2.24) is 4.90 Å². The second kappa shape index (κ2) is 4.91. The van der Waals surface area contributed by atoms with Crippen LogP contribution in [0.4, 0.5) is 0 Å². The Labute approximate surface area is 105 Å². The van der Waals surface area contributed by atoms with E-state index in [9.17, 15) is 9.59 Å². The minimum atomic E-state index is -1.36. The summed E-state index contributed by atoms with van der Waals surface area (Å²) >= 11 is 0. The monoisotopic (exact) mass is 253 g/mol. The van der Waals surface area contributed by atoms with Gasteiger partial charge < -0.3 is 14.2 Å². The minimum Gasteiger partial charge on any atom is -0.405 e. The lowest BCUT2D eigenvalue weighted by molar-refractivity contribution is -0.277. The van der Waals surface area contributed by atoms with Crippen molar-refractivity contribution in [3.05, 3.63) is 23.8 Å². The summed E-state index contributed by atoms with van der Waals surface area (Å²) in [6.07, 6.45) is 4.39. The lowest BCUT2D eigenvalue weighted by atomic mass is 10.1.